The second kappa shape index (κ2) is 6.12. The van der Waals surface area contributed by atoms with Crippen molar-refractivity contribution in [3.05, 3.63) is 0 Å². The van der Waals surface area contributed by atoms with E-state index in [2.05, 4.69) is 11.2 Å². The molecule has 0 saturated carbocycles. The summed E-state index contributed by atoms with van der Waals surface area (Å²) in [5, 5.41) is 2.62. The van der Waals surface area contributed by atoms with Gasteiger partial charge >= 0.3 is 0 Å². The zero-order chi connectivity index (χ0) is 7.82. The van der Waals surface area contributed by atoms with Crippen molar-refractivity contribution in [2.45, 2.75) is 12.8 Å². The van der Waals surface area contributed by atoms with Crippen LogP contribution in [0.5, 0.6) is 0 Å². The molecule has 10 heavy (non-hydrogen) atoms. The van der Waals surface area contributed by atoms with E-state index in [4.69, 9.17) is 12.2 Å². The van der Waals surface area contributed by atoms with Gasteiger partial charge in [-0.3, -0.25) is 4.79 Å². The summed E-state index contributed by atoms with van der Waals surface area (Å²) in [7, 11) is 0. The predicted molar refractivity (Wildman–Crippen MR) is 40.1 cm³/mol. The predicted octanol–water partition coefficient (Wildman–Crippen LogP) is -0.525. The van der Waals surface area contributed by atoms with Crippen molar-refractivity contribution in [3.63, 3.8) is 0 Å². The fraction of sp³-hybridized carbons (Fsp3) is 0.571. The summed E-state index contributed by atoms with van der Waals surface area (Å²) in [6, 6.07) is 0. The number of hydrogen-bond donors (Lipinski definition) is 2. The van der Waals surface area contributed by atoms with Gasteiger partial charge in [-0.05, 0) is 0 Å². The van der Waals surface area contributed by atoms with Crippen molar-refractivity contribution in [1.29, 1.82) is 0 Å². The standard InChI is InChI=1S/C7H12N2O/c1-2-3-6-9-7(10)4-5-8/h1H,3-6,8H2,(H,9,10). The minimum Gasteiger partial charge on any atom is -0.355 e. The maximum absolute atomic E-state index is 10.7. The molecule has 0 atom stereocenters. The van der Waals surface area contributed by atoms with E-state index in [0.29, 0.717) is 25.9 Å². The van der Waals surface area contributed by atoms with E-state index in [1.165, 1.54) is 0 Å². The van der Waals surface area contributed by atoms with Gasteiger partial charge in [0.1, 0.15) is 0 Å². The number of nitrogens with one attached hydrogen (secondary N) is 1. The minimum absolute atomic E-state index is 0.0299. The molecule has 1 amide bonds. The van der Waals surface area contributed by atoms with Gasteiger partial charge in [0.05, 0.1) is 0 Å². The molecule has 0 aliphatic rings. The lowest BCUT2D eigenvalue weighted by Crippen LogP contribution is -2.26. The highest BCUT2D eigenvalue weighted by Gasteiger charge is 1.95. The molecule has 0 bridgehead atoms. The molecule has 0 saturated heterocycles. The molecule has 0 rings (SSSR count). The van der Waals surface area contributed by atoms with Crippen LogP contribution in [0, 0.1) is 12.3 Å². The maximum Gasteiger partial charge on any atom is 0.221 e. The molecular formula is C7H12N2O. The fourth-order valence-corrected chi connectivity index (χ4v) is 0.494. The lowest BCUT2D eigenvalue weighted by atomic mass is 10.4. The van der Waals surface area contributed by atoms with Crippen LogP contribution in [0.15, 0.2) is 0 Å². The third-order valence-corrected chi connectivity index (χ3v) is 0.963. The highest BCUT2D eigenvalue weighted by Crippen LogP contribution is 1.75. The van der Waals surface area contributed by atoms with Crippen molar-refractivity contribution in [3.8, 4) is 12.3 Å². The Kier molecular flexibility index (Phi) is 5.50. The summed E-state index contributed by atoms with van der Waals surface area (Å²) in [4.78, 5) is 10.7. The van der Waals surface area contributed by atoms with Gasteiger partial charge in [0, 0.05) is 25.9 Å². The minimum atomic E-state index is -0.0299. The quantitative estimate of drug-likeness (QED) is 0.407. The Bertz CT molecular complexity index is 137. The zero-order valence-corrected chi connectivity index (χ0v) is 5.89. The number of rotatable bonds is 4. The largest absolute Gasteiger partial charge is 0.355 e. The van der Waals surface area contributed by atoms with Crippen molar-refractivity contribution in [2.75, 3.05) is 13.1 Å². The van der Waals surface area contributed by atoms with Gasteiger partial charge in [-0.1, -0.05) is 0 Å². The van der Waals surface area contributed by atoms with E-state index >= 15 is 0 Å². The lowest BCUT2D eigenvalue weighted by molar-refractivity contribution is -0.120. The first-order chi connectivity index (χ1) is 4.81. The van der Waals surface area contributed by atoms with Gasteiger partial charge < -0.3 is 11.1 Å². The van der Waals surface area contributed by atoms with Crippen LogP contribution >= 0.6 is 0 Å². The first-order valence-electron chi connectivity index (χ1n) is 3.21. The van der Waals surface area contributed by atoms with Crippen molar-refractivity contribution in [2.24, 2.45) is 5.73 Å². The van der Waals surface area contributed by atoms with Crippen molar-refractivity contribution in [1.82, 2.24) is 5.32 Å². The van der Waals surface area contributed by atoms with Crippen LogP contribution in [0.4, 0.5) is 0 Å². The number of hydrogen-bond acceptors (Lipinski definition) is 2. The molecule has 0 aliphatic carbocycles. The summed E-state index contributed by atoms with van der Waals surface area (Å²) in [5.74, 6) is 2.39. The Labute approximate surface area is 61.0 Å². The molecular weight excluding hydrogens is 128 g/mol. The average Bonchev–Trinajstić information content (AvgIpc) is 1.89. The highest BCUT2D eigenvalue weighted by molar-refractivity contribution is 5.75. The molecule has 0 radical (unpaired) electrons. The summed E-state index contributed by atoms with van der Waals surface area (Å²) < 4.78 is 0. The van der Waals surface area contributed by atoms with Gasteiger partial charge in [-0.2, -0.15) is 0 Å². The molecule has 56 valence electrons. The van der Waals surface area contributed by atoms with Crippen LogP contribution < -0.4 is 11.1 Å². The fourth-order valence-electron chi connectivity index (χ4n) is 0.494. The number of carbonyl (C=O) groups is 1. The van der Waals surface area contributed by atoms with Crippen LogP contribution in [0.3, 0.4) is 0 Å². The first kappa shape index (κ1) is 8.99. The molecule has 0 aromatic carbocycles. The average molecular weight is 140 g/mol. The molecule has 0 heterocycles. The van der Waals surface area contributed by atoms with Crippen LogP contribution in [-0.2, 0) is 4.79 Å². The summed E-state index contributed by atoms with van der Waals surface area (Å²) in [5.41, 5.74) is 5.13. The monoisotopic (exact) mass is 140 g/mol. The maximum atomic E-state index is 10.7. The van der Waals surface area contributed by atoms with Crippen molar-refractivity contribution >= 4 is 5.91 Å². The van der Waals surface area contributed by atoms with E-state index < -0.39 is 0 Å². The van der Waals surface area contributed by atoms with Gasteiger partial charge in [-0.15, -0.1) is 12.3 Å². The van der Waals surface area contributed by atoms with Crippen LogP contribution in [0.25, 0.3) is 0 Å². The summed E-state index contributed by atoms with van der Waals surface area (Å²) in [6.45, 7) is 0.942. The SMILES string of the molecule is C#CCCNC(=O)CCN. The molecule has 3 nitrogen and oxygen atoms in total. The molecule has 0 spiro atoms. The van der Waals surface area contributed by atoms with E-state index in [1.54, 1.807) is 0 Å². The van der Waals surface area contributed by atoms with E-state index in [0.717, 1.165) is 0 Å². The Hall–Kier alpha value is -1.01. The molecule has 0 aliphatic heterocycles. The van der Waals surface area contributed by atoms with Gasteiger partial charge in [0.2, 0.25) is 5.91 Å². The Morgan fingerprint density at radius 1 is 1.70 bits per heavy atom. The van der Waals surface area contributed by atoms with Crippen LogP contribution in [0.2, 0.25) is 0 Å². The number of nitrogens with two attached hydrogens (primary N) is 1. The molecule has 3 heteroatoms. The highest BCUT2D eigenvalue weighted by atomic mass is 16.1. The number of amides is 1. The number of terminal acetylenes is 1. The van der Waals surface area contributed by atoms with Crippen molar-refractivity contribution < 1.29 is 4.79 Å². The van der Waals surface area contributed by atoms with Crippen LogP contribution in [-0.4, -0.2) is 19.0 Å². The van der Waals surface area contributed by atoms with Gasteiger partial charge in [-0.25, -0.2) is 0 Å². The van der Waals surface area contributed by atoms with Gasteiger partial charge in [0.25, 0.3) is 0 Å². The smallest absolute Gasteiger partial charge is 0.221 e. The third-order valence-electron chi connectivity index (χ3n) is 0.963. The topological polar surface area (TPSA) is 55.1 Å². The lowest BCUT2D eigenvalue weighted by Gasteiger charge is -1.99. The molecule has 3 N–H and O–H groups in total. The summed E-state index contributed by atoms with van der Waals surface area (Å²) >= 11 is 0. The molecule has 0 unspecified atom stereocenters. The van der Waals surface area contributed by atoms with E-state index in [9.17, 15) is 4.79 Å². The Morgan fingerprint density at radius 2 is 2.40 bits per heavy atom. The Morgan fingerprint density at radius 3 is 2.90 bits per heavy atom. The van der Waals surface area contributed by atoms with Crippen LogP contribution in [0.1, 0.15) is 12.8 Å². The zero-order valence-electron chi connectivity index (χ0n) is 5.89. The Balaban J connectivity index is 3.15. The molecule has 0 aromatic heterocycles. The second-order valence-electron chi connectivity index (χ2n) is 1.84. The third kappa shape index (κ3) is 5.13. The number of carbonyl (C=O) groups excluding carboxylic acids is 1. The first-order valence-corrected chi connectivity index (χ1v) is 3.21. The van der Waals surface area contributed by atoms with E-state index in [1.807, 2.05) is 0 Å². The summed E-state index contributed by atoms with van der Waals surface area (Å²) in [6.07, 6.45) is 5.92. The second-order valence-corrected chi connectivity index (χ2v) is 1.84. The van der Waals surface area contributed by atoms with Gasteiger partial charge in [0.15, 0.2) is 0 Å². The van der Waals surface area contributed by atoms with E-state index in [-0.39, 0.29) is 5.91 Å². The molecule has 0 aromatic rings. The molecule has 0 fully saturated rings. The normalized spacial score (nSPS) is 8.40.